The fraction of sp³-hybridized carbons (Fsp3) is 0.500. The fourth-order valence-electron chi connectivity index (χ4n) is 3.28. The molecule has 1 aliphatic carbocycles. The van der Waals surface area contributed by atoms with E-state index in [1.165, 1.54) is 22.1 Å². The van der Waals surface area contributed by atoms with Crippen LogP contribution in [0.3, 0.4) is 0 Å². The van der Waals surface area contributed by atoms with Crippen LogP contribution in [0.1, 0.15) is 75.4 Å². The number of fused-ring (bicyclic) bond motifs is 1. The van der Waals surface area contributed by atoms with Gasteiger partial charge in [-0.3, -0.25) is 9.48 Å². The minimum atomic E-state index is -0.547. The van der Waals surface area contributed by atoms with Crippen molar-refractivity contribution in [3.8, 4) is 0 Å². The summed E-state index contributed by atoms with van der Waals surface area (Å²) in [5, 5.41) is 7.38. The number of carbonyl (C=O) groups is 3. The number of anilines is 1. The minimum Gasteiger partial charge on any atom is -0.461 e. The molecule has 8 nitrogen and oxygen atoms in total. The van der Waals surface area contributed by atoms with Crippen LogP contribution in [0.5, 0.6) is 0 Å². The van der Waals surface area contributed by atoms with E-state index in [2.05, 4.69) is 10.4 Å². The Hall–Kier alpha value is -2.68. The van der Waals surface area contributed by atoms with Crippen LogP contribution in [-0.2, 0) is 29.4 Å². The van der Waals surface area contributed by atoms with Crippen molar-refractivity contribution in [1.29, 1.82) is 0 Å². The number of nitrogens with one attached hydrogen (secondary N) is 1. The molecule has 29 heavy (non-hydrogen) atoms. The number of carbonyl (C=O) groups excluding carboxylic acids is 3. The summed E-state index contributed by atoms with van der Waals surface area (Å²) in [6.07, 6.45) is 3.48. The van der Waals surface area contributed by atoms with Crippen LogP contribution >= 0.6 is 11.3 Å². The van der Waals surface area contributed by atoms with Gasteiger partial charge in [-0.15, -0.1) is 11.3 Å². The zero-order chi connectivity index (χ0) is 21.1. The monoisotopic (exact) mass is 419 g/mol. The fourth-order valence-corrected chi connectivity index (χ4v) is 4.56. The first-order valence-electron chi connectivity index (χ1n) is 9.69. The Balaban J connectivity index is 1.89. The predicted molar refractivity (Wildman–Crippen MR) is 109 cm³/mol. The zero-order valence-corrected chi connectivity index (χ0v) is 17.9. The summed E-state index contributed by atoms with van der Waals surface area (Å²) < 4.78 is 11.7. The number of esters is 2. The number of hydrogen-bond acceptors (Lipinski definition) is 7. The largest absolute Gasteiger partial charge is 0.461 e. The van der Waals surface area contributed by atoms with E-state index in [0.717, 1.165) is 36.1 Å². The predicted octanol–water partition coefficient (Wildman–Crippen LogP) is 3.35. The Kier molecular flexibility index (Phi) is 6.36. The van der Waals surface area contributed by atoms with Gasteiger partial charge in [-0.1, -0.05) is 0 Å². The zero-order valence-electron chi connectivity index (χ0n) is 17.0. The SMILES string of the molecule is CCOC(=O)c1cc(C(=O)Nc2sc3c(c2C(=O)OC(C)C)CCCC3)nn1C. The van der Waals surface area contributed by atoms with Crippen molar-refractivity contribution in [3.05, 3.63) is 33.5 Å². The molecular formula is C20H25N3O5S. The molecule has 156 valence electrons. The van der Waals surface area contributed by atoms with Gasteiger partial charge in [0, 0.05) is 18.0 Å². The van der Waals surface area contributed by atoms with Gasteiger partial charge in [0.25, 0.3) is 5.91 Å². The van der Waals surface area contributed by atoms with Crippen LogP contribution < -0.4 is 5.32 Å². The number of aromatic nitrogens is 2. The molecule has 0 spiro atoms. The van der Waals surface area contributed by atoms with E-state index < -0.39 is 17.8 Å². The molecule has 0 radical (unpaired) electrons. The van der Waals surface area contributed by atoms with Gasteiger partial charge in [-0.25, -0.2) is 9.59 Å². The molecule has 2 aromatic rings. The molecule has 0 unspecified atom stereocenters. The highest BCUT2D eigenvalue weighted by Crippen LogP contribution is 2.39. The van der Waals surface area contributed by atoms with E-state index in [4.69, 9.17) is 9.47 Å². The lowest BCUT2D eigenvalue weighted by Gasteiger charge is -2.14. The van der Waals surface area contributed by atoms with Crippen molar-refractivity contribution in [1.82, 2.24) is 9.78 Å². The normalized spacial score (nSPS) is 13.1. The number of hydrogen-bond donors (Lipinski definition) is 1. The summed E-state index contributed by atoms with van der Waals surface area (Å²) in [5.41, 5.74) is 1.66. The average molecular weight is 420 g/mol. The second-order valence-corrected chi connectivity index (χ2v) is 8.19. The third-order valence-corrected chi connectivity index (χ3v) is 5.75. The molecule has 9 heteroatoms. The lowest BCUT2D eigenvalue weighted by Crippen LogP contribution is -2.18. The van der Waals surface area contributed by atoms with Crippen molar-refractivity contribution in [3.63, 3.8) is 0 Å². The quantitative estimate of drug-likeness (QED) is 0.721. The van der Waals surface area contributed by atoms with Crippen molar-refractivity contribution >= 4 is 34.2 Å². The Bertz CT molecular complexity index is 944. The highest BCUT2D eigenvalue weighted by molar-refractivity contribution is 7.17. The Morgan fingerprint density at radius 3 is 2.66 bits per heavy atom. The second-order valence-electron chi connectivity index (χ2n) is 7.08. The molecule has 0 aromatic carbocycles. The first kappa shape index (κ1) is 21.0. The molecule has 0 atom stereocenters. The highest BCUT2D eigenvalue weighted by atomic mass is 32.1. The van der Waals surface area contributed by atoms with E-state index in [1.807, 2.05) is 0 Å². The molecule has 3 rings (SSSR count). The van der Waals surface area contributed by atoms with Crippen LogP contribution in [0.4, 0.5) is 5.00 Å². The molecule has 0 fully saturated rings. The third kappa shape index (κ3) is 4.50. The van der Waals surface area contributed by atoms with Gasteiger partial charge in [-0.2, -0.15) is 5.10 Å². The molecule has 1 aliphatic rings. The van der Waals surface area contributed by atoms with Crippen LogP contribution in [0.2, 0.25) is 0 Å². The summed E-state index contributed by atoms with van der Waals surface area (Å²) in [4.78, 5) is 38.6. The summed E-state index contributed by atoms with van der Waals surface area (Å²) in [5.74, 6) is -1.47. The molecule has 1 N–H and O–H groups in total. The number of ether oxygens (including phenoxy) is 2. The van der Waals surface area contributed by atoms with Gasteiger partial charge in [-0.05, 0) is 52.0 Å². The van der Waals surface area contributed by atoms with Crippen molar-refractivity contribution in [2.45, 2.75) is 52.6 Å². The lowest BCUT2D eigenvalue weighted by molar-refractivity contribution is 0.0377. The summed E-state index contributed by atoms with van der Waals surface area (Å²) in [6, 6.07) is 1.38. The second kappa shape index (κ2) is 8.77. The van der Waals surface area contributed by atoms with Gasteiger partial charge >= 0.3 is 11.9 Å². The summed E-state index contributed by atoms with van der Waals surface area (Å²) >= 11 is 1.41. The Morgan fingerprint density at radius 2 is 1.97 bits per heavy atom. The number of aryl methyl sites for hydroxylation is 2. The van der Waals surface area contributed by atoms with Crippen LogP contribution in [0, 0.1) is 0 Å². The third-order valence-electron chi connectivity index (χ3n) is 4.54. The van der Waals surface area contributed by atoms with E-state index in [9.17, 15) is 14.4 Å². The van der Waals surface area contributed by atoms with Crippen molar-refractivity contribution in [2.75, 3.05) is 11.9 Å². The highest BCUT2D eigenvalue weighted by Gasteiger charge is 2.29. The average Bonchev–Trinajstić information content (AvgIpc) is 3.21. The van der Waals surface area contributed by atoms with Crippen molar-refractivity contribution < 1.29 is 23.9 Å². The van der Waals surface area contributed by atoms with E-state index in [0.29, 0.717) is 10.6 Å². The number of rotatable bonds is 6. The molecule has 0 bridgehead atoms. The van der Waals surface area contributed by atoms with Gasteiger partial charge in [0.05, 0.1) is 18.3 Å². The van der Waals surface area contributed by atoms with Gasteiger partial charge in [0.1, 0.15) is 10.7 Å². The number of amides is 1. The summed E-state index contributed by atoms with van der Waals surface area (Å²) in [7, 11) is 1.57. The maximum absolute atomic E-state index is 12.8. The van der Waals surface area contributed by atoms with Gasteiger partial charge < -0.3 is 14.8 Å². The molecular weight excluding hydrogens is 394 g/mol. The van der Waals surface area contributed by atoms with Crippen LogP contribution in [0.15, 0.2) is 6.07 Å². The maximum atomic E-state index is 12.8. The molecule has 2 aromatic heterocycles. The minimum absolute atomic E-state index is 0.0742. The number of nitrogens with zero attached hydrogens (tertiary/aromatic N) is 2. The van der Waals surface area contributed by atoms with Crippen LogP contribution in [0.25, 0.3) is 0 Å². The lowest BCUT2D eigenvalue weighted by atomic mass is 9.95. The van der Waals surface area contributed by atoms with Crippen LogP contribution in [-0.4, -0.2) is 40.3 Å². The molecule has 0 saturated heterocycles. The standard InChI is InChI=1S/C20H25N3O5S/c1-5-27-19(25)14-10-13(22-23(14)4)17(24)21-18-16(20(26)28-11(2)3)12-8-6-7-9-15(12)29-18/h10-11H,5-9H2,1-4H3,(H,21,24). The first-order chi connectivity index (χ1) is 13.8. The Labute approximate surface area is 173 Å². The molecule has 0 saturated carbocycles. The van der Waals surface area contributed by atoms with E-state index in [-0.39, 0.29) is 24.1 Å². The molecule has 2 heterocycles. The summed E-state index contributed by atoms with van der Waals surface area (Å²) in [6.45, 7) is 5.52. The molecule has 1 amide bonds. The number of thiophene rings is 1. The van der Waals surface area contributed by atoms with Gasteiger partial charge in [0.15, 0.2) is 5.69 Å². The van der Waals surface area contributed by atoms with E-state index >= 15 is 0 Å². The topological polar surface area (TPSA) is 99.5 Å². The Morgan fingerprint density at radius 1 is 1.24 bits per heavy atom. The first-order valence-corrected chi connectivity index (χ1v) is 10.5. The maximum Gasteiger partial charge on any atom is 0.356 e. The van der Waals surface area contributed by atoms with Crippen molar-refractivity contribution in [2.24, 2.45) is 7.05 Å². The molecule has 0 aliphatic heterocycles. The van der Waals surface area contributed by atoms with E-state index in [1.54, 1.807) is 27.8 Å². The smallest absolute Gasteiger partial charge is 0.356 e. The van der Waals surface area contributed by atoms with Gasteiger partial charge in [0.2, 0.25) is 0 Å².